The van der Waals surface area contributed by atoms with E-state index in [0.717, 1.165) is 42.6 Å². The highest BCUT2D eigenvalue weighted by Gasteiger charge is 2.21. The van der Waals surface area contributed by atoms with Crippen LogP contribution in [0, 0.1) is 24.0 Å². The summed E-state index contributed by atoms with van der Waals surface area (Å²) in [4.78, 5) is 44.2. The van der Waals surface area contributed by atoms with Gasteiger partial charge in [0.15, 0.2) is 5.16 Å². The molecular formula is C28H26N4O4S. The Morgan fingerprint density at radius 1 is 1.03 bits per heavy atom. The second-order valence-corrected chi connectivity index (χ2v) is 10.3. The van der Waals surface area contributed by atoms with Crippen LogP contribution in [0.5, 0.6) is 0 Å². The van der Waals surface area contributed by atoms with Crippen molar-refractivity contribution in [2.45, 2.75) is 37.6 Å². The van der Waals surface area contributed by atoms with Crippen molar-refractivity contribution < 1.29 is 9.72 Å². The number of aryl methyl sites for hydroxylation is 2. The molecule has 0 atom stereocenters. The number of hydrogen-bond acceptors (Lipinski definition) is 6. The van der Waals surface area contributed by atoms with Gasteiger partial charge in [0.05, 0.1) is 21.5 Å². The summed E-state index contributed by atoms with van der Waals surface area (Å²) in [7, 11) is 0. The van der Waals surface area contributed by atoms with Gasteiger partial charge in [-0.05, 0) is 73.7 Å². The highest BCUT2D eigenvalue weighted by Crippen LogP contribution is 2.27. The number of benzene rings is 3. The van der Waals surface area contributed by atoms with Crippen molar-refractivity contribution in [1.82, 2.24) is 14.5 Å². The molecule has 37 heavy (non-hydrogen) atoms. The van der Waals surface area contributed by atoms with Gasteiger partial charge >= 0.3 is 0 Å². The van der Waals surface area contributed by atoms with Gasteiger partial charge < -0.3 is 4.90 Å². The highest BCUT2D eigenvalue weighted by atomic mass is 32.2. The number of likely N-dealkylation sites (tertiary alicyclic amines) is 1. The third-order valence-electron chi connectivity index (χ3n) is 6.43. The van der Waals surface area contributed by atoms with Crippen molar-refractivity contribution in [2.24, 2.45) is 0 Å². The third-order valence-corrected chi connectivity index (χ3v) is 7.44. The number of nitro groups is 1. The number of hydrogen-bond donors (Lipinski definition) is 0. The number of carbonyl (C=O) groups is 1. The highest BCUT2D eigenvalue weighted by molar-refractivity contribution is 7.98. The van der Waals surface area contributed by atoms with Crippen LogP contribution in [0.4, 0.5) is 5.69 Å². The summed E-state index contributed by atoms with van der Waals surface area (Å²) in [5.74, 6) is 0.335. The number of aromatic nitrogens is 2. The molecule has 1 fully saturated rings. The lowest BCUT2D eigenvalue weighted by molar-refractivity contribution is -0.384. The monoisotopic (exact) mass is 514 g/mol. The topological polar surface area (TPSA) is 98.3 Å². The molecule has 1 aliphatic rings. The van der Waals surface area contributed by atoms with Gasteiger partial charge in [0.25, 0.3) is 17.2 Å². The Hall–Kier alpha value is -3.98. The zero-order chi connectivity index (χ0) is 26.1. The molecule has 0 unspecified atom stereocenters. The molecule has 0 bridgehead atoms. The molecular weight excluding hydrogens is 488 g/mol. The Kier molecular flexibility index (Phi) is 6.80. The van der Waals surface area contributed by atoms with Crippen LogP contribution in [0.15, 0.2) is 70.6 Å². The van der Waals surface area contributed by atoms with E-state index in [1.807, 2.05) is 43.0 Å². The third kappa shape index (κ3) is 5.13. The number of thioether (sulfide) groups is 1. The summed E-state index contributed by atoms with van der Waals surface area (Å²) in [5, 5.41) is 12.1. The molecule has 0 spiro atoms. The fourth-order valence-electron chi connectivity index (χ4n) is 4.71. The largest absolute Gasteiger partial charge is 0.339 e. The summed E-state index contributed by atoms with van der Waals surface area (Å²) in [6, 6.07) is 17.4. The van der Waals surface area contributed by atoms with Gasteiger partial charge in [0.2, 0.25) is 0 Å². The second kappa shape index (κ2) is 10.2. The van der Waals surface area contributed by atoms with E-state index in [9.17, 15) is 19.7 Å². The Balaban J connectivity index is 1.61. The maximum atomic E-state index is 13.8. The van der Waals surface area contributed by atoms with Gasteiger partial charge in [-0.25, -0.2) is 4.98 Å². The van der Waals surface area contributed by atoms with E-state index in [1.54, 1.807) is 28.8 Å². The molecule has 0 aliphatic carbocycles. The molecule has 1 aromatic heterocycles. The Morgan fingerprint density at radius 2 is 1.76 bits per heavy atom. The maximum Gasteiger partial charge on any atom is 0.269 e. The number of nitro benzene ring substituents is 1. The molecule has 0 N–H and O–H groups in total. The van der Waals surface area contributed by atoms with Gasteiger partial charge in [-0.3, -0.25) is 24.3 Å². The summed E-state index contributed by atoms with van der Waals surface area (Å²) in [5.41, 5.74) is 4.25. The first-order valence-electron chi connectivity index (χ1n) is 12.1. The van der Waals surface area contributed by atoms with E-state index in [2.05, 4.69) is 0 Å². The molecule has 0 radical (unpaired) electrons. The summed E-state index contributed by atoms with van der Waals surface area (Å²) < 4.78 is 1.59. The van der Waals surface area contributed by atoms with Crippen LogP contribution in [-0.4, -0.2) is 38.4 Å². The molecule has 5 rings (SSSR count). The van der Waals surface area contributed by atoms with Crippen molar-refractivity contribution in [1.29, 1.82) is 0 Å². The van der Waals surface area contributed by atoms with E-state index in [1.165, 1.54) is 23.9 Å². The molecule has 2 heterocycles. The first-order chi connectivity index (χ1) is 17.8. The molecule has 3 aromatic carbocycles. The number of carbonyl (C=O) groups excluding carboxylic acids is 1. The molecule has 1 saturated heterocycles. The number of non-ortho nitro benzene ring substituents is 1. The molecule has 1 amide bonds. The van der Waals surface area contributed by atoms with Crippen LogP contribution >= 0.6 is 11.8 Å². The number of amides is 1. The zero-order valence-corrected chi connectivity index (χ0v) is 21.5. The summed E-state index contributed by atoms with van der Waals surface area (Å²) in [6.45, 7) is 5.43. The van der Waals surface area contributed by atoms with Crippen molar-refractivity contribution in [3.63, 3.8) is 0 Å². The minimum absolute atomic E-state index is 0.0151. The minimum atomic E-state index is -0.424. The summed E-state index contributed by atoms with van der Waals surface area (Å²) >= 11 is 1.33. The van der Waals surface area contributed by atoms with Crippen molar-refractivity contribution in [3.05, 3.63) is 103 Å². The fraction of sp³-hybridized carbons (Fsp3) is 0.250. The van der Waals surface area contributed by atoms with Gasteiger partial charge in [0, 0.05) is 36.5 Å². The standard InChI is InChI=1S/C28H26N4O4S/c1-18-12-19(2)14-23(13-18)31-27(34)24-9-8-21(26(33)30-10-3-4-11-30)16-25(24)29-28(31)37-17-20-6-5-7-22(15-20)32(35)36/h5-9,12-16H,3-4,10-11,17H2,1-2H3. The maximum absolute atomic E-state index is 13.8. The number of rotatable bonds is 6. The predicted molar refractivity (Wildman–Crippen MR) is 145 cm³/mol. The molecule has 188 valence electrons. The SMILES string of the molecule is Cc1cc(C)cc(-n2c(SCc3cccc([N+](=O)[O-])c3)nc3cc(C(=O)N4CCCC4)ccc3c2=O)c1. The van der Waals surface area contributed by atoms with Gasteiger partial charge in [-0.15, -0.1) is 0 Å². The smallest absolute Gasteiger partial charge is 0.269 e. The molecule has 4 aromatic rings. The first-order valence-corrected chi connectivity index (χ1v) is 13.1. The normalized spacial score (nSPS) is 13.3. The average Bonchev–Trinajstić information content (AvgIpc) is 3.41. The quantitative estimate of drug-likeness (QED) is 0.147. The van der Waals surface area contributed by atoms with Gasteiger partial charge in [-0.2, -0.15) is 0 Å². The predicted octanol–water partition coefficient (Wildman–Crippen LogP) is 5.44. The van der Waals surface area contributed by atoms with Crippen molar-refractivity contribution in [3.8, 4) is 5.69 Å². The Labute approximate surface area is 218 Å². The molecule has 1 aliphatic heterocycles. The van der Waals surface area contributed by atoms with E-state index in [-0.39, 0.29) is 17.2 Å². The lowest BCUT2D eigenvalue weighted by Crippen LogP contribution is -2.28. The van der Waals surface area contributed by atoms with Crippen molar-refractivity contribution in [2.75, 3.05) is 13.1 Å². The van der Waals surface area contributed by atoms with E-state index in [4.69, 9.17) is 4.98 Å². The van der Waals surface area contributed by atoms with E-state index < -0.39 is 4.92 Å². The summed E-state index contributed by atoms with van der Waals surface area (Å²) in [6.07, 6.45) is 1.99. The second-order valence-electron chi connectivity index (χ2n) is 9.33. The van der Waals surface area contributed by atoms with Crippen LogP contribution in [0.1, 0.15) is 39.9 Å². The zero-order valence-electron chi connectivity index (χ0n) is 20.6. The Bertz CT molecular complexity index is 1570. The molecule has 9 heteroatoms. The van der Waals surface area contributed by atoms with Crippen LogP contribution in [0.25, 0.3) is 16.6 Å². The van der Waals surface area contributed by atoms with E-state index >= 15 is 0 Å². The van der Waals surface area contributed by atoms with E-state index in [0.29, 0.717) is 33.1 Å². The minimum Gasteiger partial charge on any atom is -0.339 e. The van der Waals surface area contributed by atoms with Gasteiger partial charge in [0.1, 0.15) is 0 Å². The van der Waals surface area contributed by atoms with Crippen LogP contribution in [0.3, 0.4) is 0 Å². The van der Waals surface area contributed by atoms with Crippen LogP contribution in [-0.2, 0) is 5.75 Å². The first kappa shape index (κ1) is 24.7. The lowest BCUT2D eigenvalue weighted by atomic mass is 10.1. The number of fused-ring (bicyclic) bond motifs is 1. The molecule has 0 saturated carbocycles. The molecule has 8 nitrogen and oxygen atoms in total. The van der Waals surface area contributed by atoms with Gasteiger partial charge in [-0.1, -0.05) is 30.0 Å². The van der Waals surface area contributed by atoms with Crippen LogP contribution < -0.4 is 5.56 Å². The van der Waals surface area contributed by atoms with Crippen LogP contribution in [0.2, 0.25) is 0 Å². The fourth-order valence-corrected chi connectivity index (χ4v) is 5.67. The average molecular weight is 515 g/mol. The lowest BCUT2D eigenvalue weighted by Gasteiger charge is -2.17. The van der Waals surface area contributed by atoms with Crippen molar-refractivity contribution >= 4 is 34.3 Å². The Morgan fingerprint density at radius 3 is 2.46 bits per heavy atom. The number of nitrogens with zero attached hydrogens (tertiary/aromatic N) is 4.